The van der Waals surface area contributed by atoms with E-state index in [4.69, 9.17) is 0 Å². The Hall–Kier alpha value is -1.59. The van der Waals surface area contributed by atoms with Crippen molar-refractivity contribution in [3.05, 3.63) is 29.6 Å². The third-order valence-corrected chi connectivity index (χ3v) is 2.36. The normalized spacial score (nSPS) is 11.4. The highest BCUT2D eigenvalue weighted by Gasteiger charge is 2.37. The number of aromatic nitrogens is 1. The maximum atomic E-state index is 12.6. The van der Waals surface area contributed by atoms with E-state index in [-0.39, 0.29) is 0 Å². The van der Waals surface area contributed by atoms with Gasteiger partial charge in [0.2, 0.25) is 0 Å². The topological polar surface area (TPSA) is 33.2 Å². The molecule has 1 heterocycles. The minimum atomic E-state index is -4.61. The molecule has 0 saturated heterocycles. The van der Waals surface area contributed by atoms with Crippen molar-refractivity contribution < 1.29 is 18.0 Å². The minimum Gasteiger partial charge on any atom is -0.339 e. The Bertz CT molecular complexity index is 400. The van der Waals surface area contributed by atoms with Crippen molar-refractivity contribution in [3.63, 3.8) is 0 Å². The number of halogens is 3. The van der Waals surface area contributed by atoms with E-state index in [1.54, 1.807) is 13.8 Å². The van der Waals surface area contributed by atoms with E-state index < -0.39 is 23.3 Å². The van der Waals surface area contributed by atoms with Crippen LogP contribution >= 0.6 is 0 Å². The summed E-state index contributed by atoms with van der Waals surface area (Å²) in [6.45, 7) is 4.15. The maximum absolute atomic E-state index is 12.6. The van der Waals surface area contributed by atoms with Gasteiger partial charge in [0.25, 0.3) is 5.91 Å². The van der Waals surface area contributed by atoms with Gasteiger partial charge in [-0.25, -0.2) is 0 Å². The quantitative estimate of drug-likeness (QED) is 0.821. The van der Waals surface area contributed by atoms with Crippen LogP contribution in [0.2, 0.25) is 0 Å². The molecule has 0 aliphatic carbocycles. The number of hydrogen-bond acceptors (Lipinski definition) is 2. The van der Waals surface area contributed by atoms with Gasteiger partial charge in [0.05, 0.1) is 5.56 Å². The van der Waals surface area contributed by atoms with Gasteiger partial charge < -0.3 is 4.90 Å². The van der Waals surface area contributed by atoms with Crippen LogP contribution < -0.4 is 0 Å². The van der Waals surface area contributed by atoms with Gasteiger partial charge >= 0.3 is 6.18 Å². The molecule has 0 aliphatic heterocycles. The van der Waals surface area contributed by atoms with Crippen molar-refractivity contribution in [3.8, 4) is 0 Å². The zero-order valence-electron chi connectivity index (χ0n) is 9.58. The van der Waals surface area contributed by atoms with Crippen molar-refractivity contribution in [1.29, 1.82) is 0 Å². The van der Waals surface area contributed by atoms with E-state index in [9.17, 15) is 18.0 Å². The largest absolute Gasteiger partial charge is 0.434 e. The van der Waals surface area contributed by atoms with Crippen LogP contribution in [0.5, 0.6) is 0 Å². The van der Waals surface area contributed by atoms with Crippen molar-refractivity contribution in [2.24, 2.45) is 0 Å². The molecule has 0 aliphatic rings. The summed E-state index contributed by atoms with van der Waals surface area (Å²) >= 11 is 0. The summed E-state index contributed by atoms with van der Waals surface area (Å²) in [4.78, 5) is 16.4. The summed E-state index contributed by atoms with van der Waals surface area (Å²) in [5, 5.41) is 0. The molecule has 0 bridgehead atoms. The number of pyridine rings is 1. The Morgan fingerprint density at radius 1 is 1.35 bits per heavy atom. The molecule has 1 aromatic heterocycles. The van der Waals surface area contributed by atoms with Gasteiger partial charge in [-0.2, -0.15) is 13.2 Å². The zero-order valence-corrected chi connectivity index (χ0v) is 9.58. The summed E-state index contributed by atoms with van der Waals surface area (Å²) in [5.74, 6) is -0.643. The molecule has 0 atom stereocenters. The number of hydrogen-bond donors (Lipinski definition) is 0. The Kier molecular flexibility index (Phi) is 4.09. The van der Waals surface area contributed by atoms with E-state index in [1.165, 1.54) is 11.0 Å². The molecule has 0 fully saturated rings. The third kappa shape index (κ3) is 2.95. The fourth-order valence-electron chi connectivity index (χ4n) is 1.48. The monoisotopic (exact) mass is 246 g/mol. The Morgan fingerprint density at radius 3 is 2.41 bits per heavy atom. The molecule has 17 heavy (non-hydrogen) atoms. The lowest BCUT2D eigenvalue weighted by molar-refractivity contribution is -0.141. The van der Waals surface area contributed by atoms with E-state index in [0.29, 0.717) is 13.1 Å². The average Bonchev–Trinajstić information content (AvgIpc) is 2.29. The second-order valence-electron chi connectivity index (χ2n) is 3.37. The molecule has 0 saturated carbocycles. The van der Waals surface area contributed by atoms with Crippen molar-refractivity contribution >= 4 is 5.91 Å². The van der Waals surface area contributed by atoms with Gasteiger partial charge in [-0.3, -0.25) is 9.78 Å². The molecule has 1 aromatic rings. The lowest BCUT2D eigenvalue weighted by atomic mass is 10.1. The van der Waals surface area contributed by atoms with Gasteiger partial charge in [-0.05, 0) is 26.0 Å². The molecule has 1 amide bonds. The van der Waals surface area contributed by atoms with Crippen LogP contribution in [0.25, 0.3) is 0 Å². The number of nitrogens with zero attached hydrogens (tertiary/aromatic N) is 2. The van der Waals surface area contributed by atoms with Crippen LogP contribution in [0.1, 0.15) is 29.9 Å². The molecule has 1 rings (SSSR count). The second-order valence-corrected chi connectivity index (χ2v) is 3.37. The highest BCUT2D eigenvalue weighted by atomic mass is 19.4. The number of alkyl halides is 3. The first-order valence-electron chi connectivity index (χ1n) is 5.23. The lowest BCUT2D eigenvalue weighted by Crippen LogP contribution is -2.32. The van der Waals surface area contributed by atoms with Crippen LogP contribution in [-0.4, -0.2) is 28.9 Å². The minimum absolute atomic E-state index is 0.363. The van der Waals surface area contributed by atoms with Crippen LogP contribution in [0, 0.1) is 0 Å². The molecule has 94 valence electrons. The van der Waals surface area contributed by atoms with Gasteiger partial charge in [0.1, 0.15) is 0 Å². The highest BCUT2D eigenvalue weighted by molar-refractivity contribution is 5.95. The Morgan fingerprint density at radius 2 is 1.94 bits per heavy atom. The highest BCUT2D eigenvalue weighted by Crippen LogP contribution is 2.30. The fourth-order valence-corrected chi connectivity index (χ4v) is 1.48. The van der Waals surface area contributed by atoms with Gasteiger partial charge in [-0.1, -0.05) is 0 Å². The Balaban J connectivity index is 3.18. The number of carbonyl (C=O) groups excluding carboxylic acids is 1. The van der Waals surface area contributed by atoms with Gasteiger partial charge in [0.15, 0.2) is 5.69 Å². The van der Waals surface area contributed by atoms with Crippen LogP contribution in [0.15, 0.2) is 18.3 Å². The fraction of sp³-hybridized carbons (Fsp3) is 0.455. The standard InChI is InChI=1S/C11H13F3N2O/c1-3-16(4-2)10(17)8-6-5-7-15-9(8)11(12,13)14/h5-7H,3-4H2,1-2H3. The average molecular weight is 246 g/mol. The van der Waals surface area contributed by atoms with Gasteiger partial charge in [-0.15, -0.1) is 0 Å². The van der Waals surface area contributed by atoms with Crippen LogP contribution in [-0.2, 0) is 6.18 Å². The molecule has 0 spiro atoms. The first-order valence-corrected chi connectivity index (χ1v) is 5.23. The van der Waals surface area contributed by atoms with Crippen LogP contribution in [0.4, 0.5) is 13.2 Å². The van der Waals surface area contributed by atoms with E-state index >= 15 is 0 Å². The van der Waals surface area contributed by atoms with E-state index in [0.717, 1.165) is 12.3 Å². The summed E-state index contributed by atoms with van der Waals surface area (Å²) in [6, 6.07) is 2.47. The predicted octanol–water partition coefficient (Wildman–Crippen LogP) is 2.58. The summed E-state index contributed by atoms with van der Waals surface area (Å²) < 4.78 is 37.9. The Labute approximate surface area is 97.3 Å². The molecule has 0 N–H and O–H groups in total. The summed E-state index contributed by atoms with van der Waals surface area (Å²) in [6.07, 6.45) is -3.58. The predicted molar refractivity (Wildman–Crippen MR) is 56.5 cm³/mol. The molecule has 0 aromatic carbocycles. The number of carbonyl (C=O) groups is 1. The second kappa shape index (κ2) is 5.16. The lowest BCUT2D eigenvalue weighted by Gasteiger charge is -2.20. The maximum Gasteiger partial charge on any atom is 0.434 e. The number of amides is 1. The SMILES string of the molecule is CCN(CC)C(=O)c1cccnc1C(F)(F)F. The molecule has 0 unspecified atom stereocenters. The van der Waals surface area contributed by atoms with Crippen molar-refractivity contribution in [1.82, 2.24) is 9.88 Å². The molecular weight excluding hydrogens is 233 g/mol. The van der Waals surface area contributed by atoms with Gasteiger partial charge in [0, 0.05) is 19.3 Å². The molecule has 6 heteroatoms. The smallest absolute Gasteiger partial charge is 0.339 e. The first-order chi connectivity index (χ1) is 7.91. The molecule has 3 nitrogen and oxygen atoms in total. The third-order valence-electron chi connectivity index (χ3n) is 2.36. The van der Waals surface area contributed by atoms with Crippen molar-refractivity contribution in [2.75, 3.05) is 13.1 Å². The van der Waals surface area contributed by atoms with E-state index in [1.807, 2.05) is 0 Å². The van der Waals surface area contributed by atoms with E-state index in [2.05, 4.69) is 4.98 Å². The zero-order chi connectivity index (χ0) is 13.1. The van der Waals surface area contributed by atoms with Crippen molar-refractivity contribution in [2.45, 2.75) is 20.0 Å². The summed E-state index contributed by atoms with van der Waals surface area (Å²) in [7, 11) is 0. The first kappa shape index (κ1) is 13.5. The molecular formula is C11H13F3N2O. The number of rotatable bonds is 3. The molecule has 0 radical (unpaired) electrons. The van der Waals surface area contributed by atoms with Crippen LogP contribution in [0.3, 0.4) is 0 Å². The summed E-state index contributed by atoms with van der Waals surface area (Å²) in [5.41, 5.74) is -1.53.